The molecule has 0 heterocycles. The van der Waals surface area contributed by atoms with E-state index in [9.17, 15) is 18.4 Å². The fourth-order valence-corrected chi connectivity index (χ4v) is 1.45. The van der Waals surface area contributed by atoms with Gasteiger partial charge < -0.3 is 15.4 Å². The van der Waals surface area contributed by atoms with Crippen molar-refractivity contribution in [3.63, 3.8) is 0 Å². The SMILES string of the molecule is CCCNC(=O)CNc1cc(C(=O)OC)c(F)cc1F. The summed E-state index contributed by atoms with van der Waals surface area (Å²) in [6, 6.07) is 1.54. The van der Waals surface area contributed by atoms with Crippen LogP contribution in [-0.2, 0) is 9.53 Å². The summed E-state index contributed by atoms with van der Waals surface area (Å²) in [5.41, 5.74) is -0.538. The number of nitrogens with one attached hydrogen (secondary N) is 2. The number of hydrogen-bond acceptors (Lipinski definition) is 4. The number of carbonyl (C=O) groups is 2. The normalized spacial score (nSPS) is 10.0. The summed E-state index contributed by atoms with van der Waals surface area (Å²) in [5.74, 6) is -3.15. The third kappa shape index (κ3) is 4.18. The van der Waals surface area contributed by atoms with Crippen molar-refractivity contribution in [3.05, 3.63) is 29.3 Å². The molecule has 0 fully saturated rings. The smallest absolute Gasteiger partial charge is 0.340 e. The molecule has 0 saturated carbocycles. The predicted molar refractivity (Wildman–Crippen MR) is 69.5 cm³/mol. The van der Waals surface area contributed by atoms with Gasteiger partial charge in [0.25, 0.3) is 0 Å². The molecule has 1 amide bonds. The van der Waals surface area contributed by atoms with E-state index in [1.165, 1.54) is 0 Å². The highest BCUT2D eigenvalue weighted by atomic mass is 19.1. The molecule has 5 nitrogen and oxygen atoms in total. The lowest BCUT2D eigenvalue weighted by Gasteiger charge is -2.10. The lowest BCUT2D eigenvalue weighted by molar-refractivity contribution is -0.119. The number of esters is 1. The van der Waals surface area contributed by atoms with E-state index in [1.54, 1.807) is 0 Å². The largest absolute Gasteiger partial charge is 0.465 e. The average molecular weight is 286 g/mol. The Morgan fingerprint density at radius 2 is 1.95 bits per heavy atom. The fourth-order valence-electron chi connectivity index (χ4n) is 1.45. The van der Waals surface area contributed by atoms with Crippen molar-refractivity contribution in [2.24, 2.45) is 0 Å². The van der Waals surface area contributed by atoms with Crippen LogP contribution in [0.3, 0.4) is 0 Å². The highest BCUT2D eigenvalue weighted by Gasteiger charge is 2.16. The van der Waals surface area contributed by atoms with E-state index >= 15 is 0 Å². The summed E-state index contributed by atoms with van der Waals surface area (Å²) < 4.78 is 31.3. The molecule has 0 aliphatic rings. The van der Waals surface area contributed by atoms with Gasteiger partial charge in [-0.1, -0.05) is 6.92 Å². The Hall–Kier alpha value is -2.18. The summed E-state index contributed by atoms with van der Waals surface area (Å²) in [7, 11) is 1.09. The molecule has 0 unspecified atom stereocenters. The first-order chi connectivity index (χ1) is 9.49. The first-order valence-corrected chi connectivity index (χ1v) is 6.07. The van der Waals surface area contributed by atoms with Crippen LogP contribution in [0.15, 0.2) is 12.1 Å². The molecule has 1 aromatic carbocycles. The van der Waals surface area contributed by atoms with Gasteiger partial charge in [-0.2, -0.15) is 0 Å². The molecule has 7 heteroatoms. The van der Waals surface area contributed by atoms with Crippen molar-refractivity contribution >= 4 is 17.6 Å². The molecule has 20 heavy (non-hydrogen) atoms. The first-order valence-electron chi connectivity index (χ1n) is 6.07. The van der Waals surface area contributed by atoms with Crippen LogP contribution in [-0.4, -0.2) is 32.1 Å². The molecule has 0 bridgehead atoms. The van der Waals surface area contributed by atoms with Crippen molar-refractivity contribution in [2.75, 3.05) is 25.5 Å². The van der Waals surface area contributed by atoms with Gasteiger partial charge in [-0.05, 0) is 12.5 Å². The van der Waals surface area contributed by atoms with Crippen LogP contribution in [0, 0.1) is 11.6 Å². The monoisotopic (exact) mass is 286 g/mol. The van der Waals surface area contributed by atoms with Crippen molar-refractivity contribution in [1.29, 1.82) is 0 Å². The molecule has 2 N–H and O–H groups in total. The second-order valence-corrected chi connectivity index (χ2v) is 4.01. The molecule has 110 valence electrons. The first kappa shape index (κ1) is 15.9. The highest BCUT2D eigenvalue weighted by molar-refractivity contribution is 5.91. The lowest BCUT2D eigenvalue weighted by atomic mass is 10.1. The zero-order valence-electron chi connectivity index (χ0n) is 11.3. The molecule has 0 atom stereocenters. The van der Waals surface area contributed by atoms with Gasteiger partial charge >= 0.3 is 5.97 Å². The molecule has 0 aromatic heterocycles. The summed E-state index contributed by atoms with van der Waals surface area (Å²) in [6.45, 7) is 2.24. The summed E-state index contributed by atoms with van der Waals surface area (Å²) in [5, 5.41) is 5.10. The van der Waals surface area contributed by atoms with E-state index in [1.807, 2.05) is 6.92 Å². The van der Waals surface area contributed by atoms with Crippen molar-refractivity contribution < 1.29 is 23.1 Å². The number of methoxy groups -OCH3 is 1. The van der Waals surface area contributed by atoms with Gasteiger partial charge in [0.15, 0.2) is 0 Å². The van der Waals surface area contributed by atoms with Crippen LogP contribution in [0.2, 0.25) is 0 Å². The van der Waals surface area contributed by atoms with Gasteiger partial charge in [0.1, 0.15) is 11.6 Å². The molecule has 0 aliphatic heterocycles. The van der Waals surface area contributed by atoms with E-state index < -0.39 is 23.2 Å². The summed E-state index contributed by atoms with van der Waals surface area (Å²) in [6.07, 6.45) is 0.781. The number of rotatable bonds is 6. The third-order valence-corrected chi connectivity index (χ3v) is 2.47. The lowest BCUT2D eigenvalue weighted by Crippen LogP contribution is -2.30. The molecule has 0 spiro atoms. The molecular weight excluding hydrogens is 270 g/mol. The Morgan fingerprint density at radius 1 is 1.25 bits per heavy atom. The molecule has 0 radical (unpaired) electrons. The van der Waals surface area contributed by atoms with Gasteiger partial charge in [0.2, 0.25) is 5.91 Å². The number of ether oxygens (including phenoxy) is 1. The second kappa shape index (κ2) is 7.42. The number of halogens is 2. The van der Waals surface area contributed by atoms with E-state index in [-0.39, 0.29) is 18.1 Å². The molecule has 1 aromatic rings. The van der Waals surface area contributed by atoms with Gasteiger partial charge in [-0.15, -0.1) is 0 Å². The standard InChI is InChI=1S/C13H16F2N2O3/c1-3-4-16-12(18)7-17-11-5-8(13(19)20-2)9(14)6-10(11)15/h5-6,17H,3-4,7H2,1-2H3,(H,16,18). The zero-order chi connectivity index (χ0) is 15.1. The van der Waals surface area contributed by atoms with Gasteiger partial charge in [-0.3, -0.25) is 4.79 Å². The van der Waals surface area contributed by atoms with Crippen LogP contribution in [0.5, 0.6) is 0 Å². The van der Waals surface area contributed by atoms with E-state index in [0.717, 1.165) is 19.6 Å². The van der Waals surface area contributed by atoms with Crippen LogP contribution in [0.4, 0.5) is 14.5 Å². The molecular formula is C13H16F2N2O3. The van der Waals surface area contributed by atoms with E-state index in [2.05, 4.69) is 15.4 Å². The highest BCUT2D eigenvalue weighted by Crippen LogP contribution is 2.20. The van der Waals surface area contributed by atoms with Gasteiger partial charge in [-0.25, -0.2) is 13.6 Å². The van der Waals surface area contributed by atoms with Crippen LogP contribution < -0.4 is 10.6 Å². The van der Waals surface area contributed by atoms with Crippen molar-refractivity contribution in [1.82, 2.24) is 5.32 Å². The maximum absolute atomic E-state index is 13.5. The Kier molecular flexibility index (Phi) is 5.89. The second-order valence-electron chi connectivity index (χ2n) is 4.01. The Morgan fingerprint density at radius 3 is 2.55 bits per heavy atom. The van der Waals surface area contributed by atoms with E-state index in [0.29, 0.717) is 12.6 Å². The average Bonchev–Trinajstić information content (AvgIpc) is 2.43. The molecule has 1 rings (SSSR count). The molecule has 0 saturated heterocycles. The number of anilines is 1. The van der Waals surface area contributed by atoms with Gasteiger partial charge in [0, 0.05) is 12.6 Å². The number of benzene rings is 1. The van der Waals surface area contributed by atoms with E-state index in [4.69, 9.17) is 0 Å². The summed E-state index contributed by atoms with van der Waals surface area (Å²) in [4.78, 5) is 22.7. The van der Waals surface area contributed by atoms with Crippen LogP contribution >= 0.6 is 0 Å². The number of hydrogen-bond donors (Lipinski definition) is 2. The number of carbonyl (C=O) groups excluding carboxylic acids is 2. The Bertz CT molecular complexity index is 507. The Balaban J connectivity index is 2.79. The van der Waals surface area contributed by atoms with Crippen molar-refractivity contribution in [3.8, 4) is 0 Å². The zero-order valence-corrected chi connectivity index (χ0v) is 11.3. The van der Waals surface area contributed by atoms with Crippen LogP contribution in [0.25, 0.3) is 0 Å². The minimum atomic E-state index is -1.02. The van der Waals surface area contributed by atoms with Crippen molar-refractivity contribution in [2.45, 2.75) is 13.3 Å². The maximum atomic E-state index is 13.5. The third-order valence-electron chi connectivity index (χ3n) is 2.47. The topological polar surface area (TPSA) is 67.4 Å². The predicted octanol–water partition coefficient (Wildman–Crippen LogP) is 1.69. The summed E-state index contributed by atoms with van der Waals surface area (Å²) >= 11 is 0. The Labute approximate surface area is 115 Å². The maximum Gasteiger partial charge on any atom is 0.340 e. The number of amides is 1. The minimum Gasteiger partial charge on any atom is -0.465 e. The minimum absolute atomic E-state index is 0.140. The molecule has 0 aliphatic carbocycles. The van der Waals surface area contributed by atoms with Crippen LogP contribution in [0.1, 0.15) is 23.7 Å². The quantitative estimate of drug-likeness (QED) is 0.781. The fraction of sp³-hybridized carbons (Fsp3) is 0.385. The van der Waals surface area contributed by atoms with Gasteiger partial charge in [0.05, 0.1) is 24.9 Å².